The molecule has 0 fully saturated rings. The van der Waals surface area contributed by atoms with E-state index >= 15 is 0 Å². The zero-order valence-electron chi connectivity index (χ0n) is 23.5. The van der Waals surface area contributed by atoms with Crippen LogP contribution in [0.2, 0.25) is 30.1 Å². The first-order valence-corrected chi connectivity index (χ1v) is 17.3. The van der Waals surface area contributed by atoms with Crippen LogP contribution in [0.4, 0.5) is 0 Å². The average Bonchev–Trinajstić information content (AvgIpc) is 2.92. The van der Waals surface area contributed by atoms with Crippen LogP contribution in [0.3, 0.4) is 0 Å². The monoisotopic (exact) mass is 788 g/mol. The van der Waals surface area contributed by atoms with Gasteiger partial charge in [-0.15, -0.1) is 50.5 Å². The van der Waals surface area contributed by atoms with Crippen LogP contribution in [0.25, 0.3) is 0 Å². The van der Waals surface area contributed by atoms with Crippen LogP contribution in [-0.2, 0) is 16.5 Å². The van der Waals surface area contributed by atoms with E-state index in [1.165, 1.54) is 94.2 Å². The van der Waals surface area contributed by atoms with Crippen LogP contribution in [0, 0.1) is 0 Å². The second-order valence-corrected chi connectivity index (χ2v) is 13.5. The molecule has 1 radical (unpaired) electrons. The summed E-state index contributed by atoms with van der Waals surface area (Å²) < 4.78 is 1.42. The van der Waals surface area contributed by atoms with E-state index in [1.54, 1.807) is 0 Å². The molecule has 231 valence electrons. The molecule has 0 aromatic heterocycles. The Kier molecular flexibility index (Phi) is 26.8. The molecule has 0 bridgehead atoms. The Morgan fingerprint density at radius 2 is 0.725 bits per heavy atom. The smallest absolute Gasteiger partial charge is 0.324 e. The Morgan fingerprint density at radius 1 is 0.475 bits per heavy atom. The van der Waals surface area contributed by atoms with E-state index in [1.807, 2.05) is 0 Å². The summed E-state index contributed by atoms with van der Waals surface area (Å²) >= 11 is 50.6. The Hall–Kier alpha value is 2.03. The van der Waals surface area contributed by atoms with Gasteiger partial charge in [0.2, 0.25) is 0 Å². The first kappa shape index (κ1) is 44.2. The standard InChI is InChI=1S/C16H36N.2C6H3Cl3S2.Ni/c1-5-9-13-17(14-10-6-2,15-11-7-3)16-12-8-4;2*7-2-1-3(8)5(10)6(11)4(2)9;/h5-16H2,1-4H3;2*1,10-11H;/q+1;;;+3. The maximum atomic E-state index is 5.74. The summed E-state index contributed by atoms with van der Waals surface area (Å²) in [6.45, 7) is 15.0. The van der Waals surface area contributed by atoms with Crippen LogP contribution < -0.4 is 0 Å². The summed E-state index contributed by atoms with van der Waals surface area (Å²) in [5.41, 5.74) is 0. The molecule has 2 aromatic carbocycles. The number of rotatable bonds is 12. The number of hydrogen-bond donors (Lipinski definition) is 4. The van der Waals surface area contributed by atoms with Crippen molar-refractivity contribution in [2.75, 3.05) is 26.2 Å². The van der Waals surface area contributed by atoms with E-state index in [0.717, 1.165) is 0 Å². The molecule has 0 heterocycles. The predicted octanol–water partition coefficient (Wildman–Crippen LogP) is 13.4. The zero-order chi connectivity index (χ0) is 30.2. The second kappa shape index (κ2) is 24.3. The molecule has 0 spiro atoms. The SMILES string of the molecule is CCCC[N+](CCCC)(CCCC)CCCC.Sc1c(Cl)cc(Cl)c(Cl)c1S.Sc1c(Cl)cc(Cl)c(Cl)c1S.[Ni+3]. The minimum Gasteiger partial charge on any atom is -0.324 e. The molecular formula is C28H42Cl6NNiS4+4. The minimum atomic E-state index is 0. The molecule has 40 heavy (non-hydrogen) atoms. The van der Waals surface area contributed by atoms with Crippen molar-refractivity contribution >= 4 is 120 Å². The molecule has 0 aliphatic carbocycles. The summed E-state index contributed by atoms with van der Waals surface area (Å²) in [5.74, 6) is 0. The summed E-state index contributed by atoms with van der Waals surface area (Å²) in [4.78, 5) is 2.11. The van der Waals surface area contributed by atoms with Gasteiger partial charge in [-0.3, -0.25) is 0 Å². The van der Waals surface area contributed by atoms with Crippen molar-refractivity contribution in [1.29, 1.82) is 0 Å². The van der Waals surface area contributed by atoms with E-state index in [-0.39, 0.29) is 16.5 Å². The molecule has 1 nitrogen and oxygen atoms in total. The maximum absolute atomic E-state index is 5.74. The average molecular weight is 792 g/mol. The van der Waals surface area contributed by atoms with Crippen molar-refractivity contribution in [3.05, 3.63) is 42.3 Å². The summed E-state index contributed by atoms with van der Waals surface area (Å²) in [6.07, 6.45) is 11.1. The Labute approximate surface area is 305 Å². The number of quaternary nitrogens is 1. The molecule has 0 saturated carbocycles. The molecular weight excluding hydrogens is 750 g/mol. The van der Waals surface area contributed by atoms with Gasteiger partial charge in [-0.1, -0.05) is 123 Å². The molecule has 0 saturated heterocycles. The van der Waals surface area contributed by atoms with Gasteiger partial charge < -0.3 is 4.48 Å². The van der Waals surface area contributed by atoms with Crippen molar-refractivity contribution < 1.29 is 21.0 Å². The van der Waals surface area contributed by atoms with Crippen molar-refractivity contribution in [2.45, 2.75) is 98.6 Å². The first-order chi connectivity index (χ1) is 18.3. The summed E-state index contributed by atoms with van der Waals surface area (Å²) in [6, 6.07) is 3.07. The van der Waals surface area contributed by atoms with Crippen molar-refractivity contribution in [2.24, 2.45) is 0 Å². The number of unbranched alkanes of at least 4 members (excludes halogenated alkanes) is 4. The fraction of sp³-hybridized carbons (Fsp3) is 0.571. The third kappa shape index (κ3) is 15.9. The van der Waals surface area contributed by atoms with Crippen molar-refractivity contribution in [3.8, 4) is 0 Å². The number of benzene rings is 2. The molecule has 2 aromatic rings. The summed E-state index contributed by atoms with van der Waals surface area (Å²) in [7, 11) is 0. The van der Waals surface area contributed by atoms with Crippen LogP contribution in [-0.4, -0.2) is 30.7 Å². The van der Waals surface area contributed by atoms with Gasteiger partial charge in [-0.25, -0.2) is 0 Å². The molecule has 0 atom stereocenters. The molecule has 0 amide bonds. The number of nitrogens with zero attached hydrogens (tertiary/aromatic N) is 1. The largest absolute Gasteiger partial charge is 3.00 e. The fourth-order valence-corrected chi connectivity index (χ4v) is 6.25. The molecule has 0 unspecified atom stereocenters. The third-order valence-corrected chi connectivity index (χ3v) is 11.1. The minimum absolute atomic E-state index is 0. The molecule has 0 aliphatic rings. The van der Waals surface area contributed by atoms with Gasteiger partial charge in [0, 0.05) is 19.6 Å². The van der Waals surface area contributed by atoms with E-state index in [4.69, 9.17) is 69.6 Å². The van der Waals surface area contributed by atoms with E-state index in [9.17, 15) is 0 Å². The van der Waals surface area contributed by atoms with Gasteiger partial charge in [0.05, 0.1) is 56.3 Å². The fourth-order valence-electron chi connectivity index (χ4n) is 3.79. The summed E-state index contributed by atoms with van der Waals surface area (Å²) in [5, 5.41) is 2.44. The number of hydrogen-bond acceptors (Lipinski definition) is 4. The van der Waals surface area contributed by atoms with Gasteiger partial charge >= 0.3 is 16.5 Å². The van der Waals surface area contributed by atoms with Crippen molar-refractivity contribution in [3.63, 3.8) is 0 Å². The topological polar surface area (TPSA) is 0 Å². The molecule has 2 rings (SSSR count). The number of thiol groups is 4. The van der Waals surface area contributed by atoms with Crippen LogP contribution in [0.5, 0.6) is 0 Å². The number of halogens is 6. The Morgan fingerprint density at radius 3 is 0.950 bits per heavy atom. The zero-order valence-corrected chi connectivity index (χ0v) is 32.6. The molecule has 0 aliphatic heterocycles. The van der Waals surface area contributed by atoms with Crippen LogP contribution >= 0.6 is 120 Å². The predicted molar refractivity (Wildman–Crippen MR) is 191 cm³/mol. The molecule has 0 N–H and O–H groups in total. The third-order valence-electron chi connectivity index (χ3n) is 6.19. The quantitative estimate of drug-likeness (QED) is 0.0700. The van der Waals surface area contributed by atoms with E-state index in [0.29, 0.717) is 49.7 Å². The second-order valence-electron chi connectivity index (χ2n) is 9.35. The van der Waals surface area contributed by atoms with Gasteiger partial charge in [0.25, 0.3) is 0 Å². The Bertz CT molecular complexity index is 862. The first-order valence-electron chi connectivity index (χ1n) is 13.3. The maximum Gasteiger partial charge on any atom is 3.00 e. The van der Waals surface area contributed by atoms with Crippen LogP contribution in [0.15, 0.2) is 31.7 Å². The Balaban J connectivity index is 0. The van der Waals surface area contributed by atoms with Crippen LogP contribution in [0.1, 0.15) is 79.1 Å². The van der Waals surface area contributed by atoms with E-state index < -0.39 is 0 Å². The van der Waals surface area contributed by atoms with Gasteiger partial charge in [-0.2, -0.15) is 0 Å². The van der Waals surface area contributed by atoms with Crippen molar-refractivity contribution in [1.82, 2.24) is 0 Å². The normalized spacial score (nSPS) is 10.8. The molecule has 12 heteroatoms. The van der Waals surface area contributed by atoms with Gasteiger partial charge in [0.1, 0.15) is 0 Å². The van der Waals surface area contributed by atoms with E-state index in [2.05, 4.69) is 78.2 Å². The van der Waals surface area contributed by atoms with Gasteiger partial charge in [0.15, 0.2) is 0 Å². The van der Waals surface area contributed by atoms with Gasteiger partial charge in [-0.05, 0) is 37.8 Å².